The van der Waals surface area contributed by atoms with E-state index in [1.807, 2.05) is 13.2 Å². The van der Waals surface area contributed by atoms with Crippen molar-refractivity contribution in [3.05, 3.63) is 52.4 Å². The van der Waals surface area contributed by atoms with Crippen molar-refractivity contribution in [1.82, 2.24) is 39.2 Å². The lowest BCUT2D eigenvalue weighted by Gasteiger charge is -2.14. The van der Waals surface area contributed by atoms with Crippen LogP contribution in [0.1, 0.15) is 16.1 Å². The van der Waals surface area contributed by atoms with Crippen molar-refractivity contribution < 1.29 is 9.72 Å². The molecule has 0 bridgehead atoms. The summed E-state index contributed by atoms with van der Waals surface area (Å²) in [5, 5.41) is 22.5. The molecule has 3 heterocycles. The van der Waals surface area contributed by atoms with Gasteiger partial charge in [0, 0.05) is 43.7 Å². The predicted molar refractivity (Wildman–Crippen MR) is 83.3 cm³/mol. The zero-order chi connectivity index (χ0) is 18.0. The number of carbonyl (C=O) groups is 1. The van der Waals surface area contributed by atoms with E-state index in [9.17, 15) is 14.9 Å². The zero-order valence-electron chi connectivity index (χ0n) is 13.6. The van der Waals surface area contributed by atoms with Crippen LogP contribution in [-0.4, -0.2) is 57.1 Å². The van der Waals surface area contributed by atoms with E-state index in [1.165, 1.54) is 20.6 Å². The van der Waals surface area contributed by atoms with Gasteiger partial charge in [-0.1, -0.05) is 4.98 Å². The van der Waals surface area contributed by atoms with Crippen LogP contribution in [0, 0.1) is 10.1 Å². The Bertz CT molecular complexity index is 909. The largest absolute Gasteiger partial charge is 0.491 e. The molecule has 0 N–H and O–H groups in total. The van der Waals surface area contributed by atoms with E-state index in [0.717, 1.165) is 5.56 Å². The Labute approximate surface area is 141 Å². The predicted octanol–water partition coefficient (Wildman–Crippen LogP) is -0.106. The highest BCUT2D eigenvalue weighted by Crippen LogP contribution is 2.07. The molecular formula is C13H15N9O3. The SMILES string of the molecule is CN(Cc1cnn(C)c1)C(=O)c1ccn(Cn2cnc([N+](=O)[O-])n2)n1. The minimum Gasteiger partial charge on any atom is -0.390 e. The van der Waals surface area contributed by atoms with Crippen LogP contribution < -0.4 is 0 Å². The first-order valence-electron chi connectivity index (χ1n) is 7.22. The maximum Gasteiger partial charge on any atom is 0.491 e. The van der Waals surface area contributed by atoms with E-state index >= 15 is 0 Å². The average molecular weight is 345 g/mol. The fraction of sp³-hybridized carbons (Fsp3) is 0.308. The molecule has 3 rings (SSSR count). The average Bonchev–Trinajstić information content (AvgIpc) is 3.28. The van der Waals surface area contributed by atoms with Gasteiger partial charge >= 0.3 is 5.95 Å². The molecule has 0 unspecified atom stereocenters. The molecule has 0 radical (unpaired) electrons. The fourth-order valence-electron chi connectivity index (χ4n) is 2.23. The third-order valence-electron chi connectivity index (χ3n) is 3.36. The molecule has 12 nitrogen and oxygen atoms in total. The van der Waals surface area contributed by atoms with Crippen LogP contribution in [0.25, 0.3) is 0 Å². The van der Waals surface area contributed by atoms with Crippen molar-refractivity contribution >= 4 is 11.9 Å². The highest BCUT2D eigenvalue weighted by Gasteiger charge is 2.17. The van der Waals surface area contributed by atoms with Crippen LogP contribution in [0.3, 0.4) is 0 Å². The second-order valence-corrected chi connectivity index (χ2v) is 5.41. The first-order chi connectivity index (χ1) is 11.9. The zero-order valence-corrected chi connectivity index (χ0v) is 13.6. The van der Waals surface area contributed by atoms with E-state index in [-0.39, 0.29) is 18.3 Å². The van der Waals surface area contributed by atoms with Crippen molar-refractivity contribution in [3.8, 4) is 0 Å². The van der Waals surface area contributed by atoms with E-state index in [0.29, 0.717) is 6.54 Å². The molecule has 130 valence electrons. The van der Waals surface area contributed by atoms with Gasteiger partial charge in [0.25, 0.3) is 5.91 Å². The molecule has 3 aromatic heterocycles. The van der Waals surface area contributed by atoms with E-state index in [1.54, 1.807) is 30.2 Å². The second-order valence-electron chi connectivity index (χ2n) is 5.41. The first kappa shape index (κ1) is 16.3. The highest BCUT2D eigenvalue weighted by molar-refractivity contribution is 5.91. The molecule has 3 aromatic rings. The number of nitrogens with zero attached hydrogens (tertiary/aromatic N) is 9. The fourth-order valence-corrected chi connectivity index (χ4v) is 2.23. The van der Waals surface area contributed by atoms with Crippen molar-refractivity contribution in [2.24, 2.45) is 7.05 Å². The monoisotopic (exact) mass is 345 g/mol. The molecule has 12 heteroatoms. The molecule has 1 amide bonds. The van der Waals surface area contributed by atoms with Crippen molar-refractivity contribution in [3.63, 3.8) is 0 Å². The minimum atomic E-state index is -0.679. The van der Waals surface area contributed by atoms with Crippen molar-refractivity contribution in [2.45, 2.75) is 13.2 Å². The molecule has 0 aliphatic carbocycles. The van der Waals surface area contributed by atoms with E-state index < -0.39 is 10.9 Å². The van der Waals surface area contributed by atoms with Gasteiger partial charge in [0.05, 0.1) is 6.20 Å². The van der Waals surface area contributed by atoms with Crippen LogP contribution in [0.2, 0.25) is 0 Å². The van der Waals surface area contributed by atoms with Gasteiger partial charge in [-0.25, -0.2) is 4.68 Å². The summed E-state index contributed by atoms with van der Waals surface area (Å²) in [4.78, 5) is 27.4. The Hall–Kier alpha value is -3.57. The third kappa shape index (κ3) is 3.68. The lowest BCUT2D eigenvalue weighted by atomic mass is 10.3. The topological polar surface area (TPSA) is 130 Å². The summed E-state index contributed by atoms with van der Waals surface area (Å²) in [6, 6.07) is 1.58. The van der Waals surface area contributed by atoms with Gasteiger partial charge in [0.1, 0.15) is 5.69 Å². The second kappa shape index (κ2) is 6.51. The van der Waals surface area contributed by atoms with Gasteiger partial charge in [-0.05, 0) is 11.0 Å². The Kier molecular flexibility index (Phi) is 4.24. The summed E-state index contributed by atoms with van der Waals surface area (Å²) in [5.74, 6) is -0.730. The molecule has 0 saturated carbocycles. The Morgan fingerprint density at radius 1 is 1.36 bits per heavy atom. The summed E-state index contributed by atoms with van der Waals surface area (Å²) in [6.07, 6.45) is 6.36. The standard InChI is InChI=1S/C13H15N9O3/c1-18(6-10-5-15-19(2)7-10)12(23)11-3-4-20(16-11)9-21-8-14-13(17-21)22(24)25/h3-5,7-8H,6,9H2,1-2H3. The third-order valence-corrected chi connectivity index (χ3v) is 3.36. The number of aromatic nitrogens is 7. The summed E-state index contributed by atoms with van der Waals surface area (Å²) < 4.78 is 4.38. The summed E-state index contributed by atoms with van der Waals surface area (Å²) in [7, 11) is 3.48. The van der Waals surface area contributed by atoms with Crippen LogP contribution >= 0.6 is 0 Å². The maximum absolute atomic E-state index is 12.4. The summed E-state index contributed by atoms with van der Waals surface area (Å²) in [6.45, 7) is 0.523. The lowest BCUT2D eigenvalue weighted by molar-refractivity contribution is -0.394. The molecule has 0 saturated heterocycles. The molecule has 0 aliphatic rings. The van der Waals surface area contributed by atoms with Crippen LogP contribution in [0.4, 0.5) is 5.95 Å². The number of hydrogen-bond acceptors (Lipinski definition) is 7. The molecule has 0 aliphatic heterocycles. The van der Waals surface area contributed by atoms with E-state index in [2.05, 4.69) is 20.3 Å². The van der Waals surface area contributed by atoms with Gasteiger partial charge in [-0.15, -0.1) is 0 Å². The minimum absolute atomic E-state index is 0.112. The van der Waals surface area contributed by atoms with Crippen LogP contribution in [-0.2, 0) is 20.3 Å². The van der Waals surface area contributed by atoms with Gasteiger partial charge in [-0.2, -0.15) is 14.9 Å². The van der Waals surface area contributed by atoms with Gasteiger partial charge in [0.15, 0.2) is 6.67 Å². The van der Waals surface area contributed by atoms with Crippen molar-refractivity contribution in [2.75, 3.05) is 7.05 Å². The summed E-state index contributed by atoms with van der Waals surface area (Å²) >= 11 is 0. The lowest BCUT2D eigenvalue weighted by Crippen LogP contribution is -2.26. The van der Waals surface area contributed by atoms with Gasteiger partial charge in [-0.3, -0.25) is 9.48 Å². The number of aryl methyl sites for hydroxylation is 1. The molecule has 0 fully saturated rings. The normalized spacial score (nSPS) is 10.8. The Balaban J connectivity index is 1.65. The highest BCUT2D eigenvalue weighted by atomic mass is 16.6. The first-order valence-corrected chi connectivity index (χ1v) is 7.22. The number of rotatable bonds is 6. The Morgan fingerprint density at radius 2 is 2.16 bits per heavy atom. The number of hydrogen-bond donors (Lipinski definition) is 0. The summed E-state index contributed by atoms with van der Waals surface area (Å²) in [5.41, 5.74) is 1.17. The number of amides is 1. The molecular weight excluding hydrogens is 330 g/mol. The number of carbonyl (C=O) groups excluding carboxylic acids is 1. The Morgan fingerprint density at radius 3 is 2.80 bits per heavy atom. The molecule has 0 aromatic carbocycles. The quantitative estimate of drug-likeness (QED) is 0.450. The maximum atomic E-state index is 12.4. The van der Waals surface area contributed by atoms with Crippen LogP contribution in [0.15, 0.2) is 31.0 Å². The molecule has 0 atom stereocenters. The van der Waals surface area contributed by atoms with Gasteiger partial charge < -0.3 is 15.0 Å². The van der Waals surface area contributed by atoms with Crippen LogP contribution in [0.5, 0.6) is 0 Å². The smallest absolute Gasteiger partial charge is 0.390 e. The van der Waals surface area contributed by atoms with Gasteiger partial charge in [0.2, 0.25) is 6.33 Å². The number of nitro groups is 1. The molecule has 25 heavy (non-hydrogen) atoms. The van der Waals surface area contributed by atoms with E-state index in [4.69, 9.17) is 0 Å². The van der Waals surface area contributed by atoms with Crippen molar-refractivity contribution in [1.29, 1.82) is 0 Å². The molecule has 0 spiro atoms.